The standard InChI is InChI=1S/C27H22Cl2N2O4S2/c1-2-34-23-12-18(8-11-22(23)35-16-25(32)30-15-17-6-4-3-5-7-17)13-24-26(33)31(27(36)37-24)19-9-10-20(28)21(29)14-19/h3-14H,2,15-16H2,1H3,(H,30,32)/b24-13-. The number of hydrogen-bond acceptors (Lipinski definition) is 6. The fourth-order valence-corrected chi connectivity index (χ4v) is 5.05. The van der Waals surface area contributed by atoms with Crippen molar-refractivity contribution in [3.05, 3.63) is 92.8 Å². The van der Waals surface area contributed by atoms with E-state index in [0.29, 0.717) is 49.6 Å². The number of ether oxygens (including phenoxy) is 2. The number of rotatable bonds is 9. The van der Waals surface area contributed by atoms with Crippen molar-refractivity contribution >= 4 is 75.1 Å². The summed E-state index contributed by atoms with van der Waals surface area (Å²) in [6.45, 7) is 2.51. The van der Waals surface area contributed by atoms with Gasteiger partial charge in [0.05, 0.1) is 27.2 Å². The summed E-state index contributed by atoms with van der Waals surface area (Å²) in [5.74, 6) is 0.382. The Kier molecular flexibility index (Phi) is 9.10. The number of hydrogen-bond donors (Lipinski definition) is 1. The molecule has 0 atom stereocenters. The van der Waals surface area contributed by atoms with Crippen molar-refractivity contribution in [1.82, 2.24) is 5.32 Å². The number of nitrogens with zero attached hydrogens (tertiary/aromatic N) is 1. The second-order valence-electron chi connectivity index (χ2n) is 7.81. The first-order valence-electron chi connectivity index (χ1n) is 11.3. The molecule has 0 saturated carbocycles. The topological polar surface area (TPSA) is 67.9 Å². The normalized spacial score (nSPS) is 14.2. The number of halogens is 2. The summed E-state index contributed by atoms with van der Waals surface area (Å²) in [6, 6.07) is 19.8. The Labute approximate surface area is 234 Å². The summed E-state index contributed by atoms with van der Waals surface area (Å²) in [6.07, 6.45) is 1.73. The zero-order valence-electron chi connectivity index (χ0n) is 19.7. The van der Waals surface area contributed by atoms with E-state index in [4.69, 9.17) is 44.9 Å². The molecule has 1 aliphatic rings. The molecule has 0 spiro atoms. The van der Waals surface area contributed by atoms with E-state index in [2.05, 4.69) is 5.32 Å². The maximum atomic E-state index is 13.1. The first-order valence-corrected chi connectivity index (χ1v) is 13.3. The predicted molar refractivity (Wildman–Crippen MR) is 154 cm³/mol. The number of thioether (sulfide) groups is 1. The number of carbonyl (C=O) groups excluding carboxylic acids is 2. The molecule has 6 nitrogen and oxygen atoms in total. The Morgan fingerprint density at radius 1 is 1.03 bits per heavy atom. The molecule has 190 valence electrons. The molecule has 0 aliphatic carbocycles. The van der Waals surface area contributed by atoms with Gasteiger partial charge in [-0.1, -0.05) is 83.6 Å². The van der Waals surface area contributed by atoms with Gasteiger partial charge in [0.2, 0.25) is 0 Å². The molecule has 0 bridgehead atoms. The molecular formula is C27H22Cl2N2O4S2. The first kappa shape index (κ1) is 27.0. The van der Waals surface area contributed by atoms with Gasteiger partial charge < -0.3 is 14.8 Å². The van der Waals surface area contributed by atoms with Crippen LogP contribution in [-0.2, 0) is 16.1 Å². The molecular weight excluding hydrogens is 551 g/mol. The van der Waals surface area contributed by atoms with E-state index in [9.17, 15) is 9.59 Å². The van der Waals surface area contributed by atoms with Gasteiger partial charge in [0, 0.05) is 6.54 Å². The van der Waals surface area contributed by atoms with Gasteiger partial charge in [-0.3, -0.25) is 14.5 Å². The van der Waals surface area contributed by atoms with E-state index in [-0.39, 0.29) is 18.4 Å². The lowest BCUT2D eigenvalue weighted by Crippen LogP contribution is -2.28. The average molecular weight is 574 g/mol. The van der Waals surface area contributed by atoms with Gasteiger partial charge in [0.1, 0.15) is 0 Å². The third kappa shape index (κ3) is 6.84. The molecule has 0 unspecified atom stereocenters. The molecule has 1 saturated heterocycles. The van der Waals surface area contributed by atoms with Crippen LogP contribution < -0.4 is 19.7 Å². The van der Waals surface area contributed by atoms with Crippen molar-refractivity contribution in [1.29, 1.82) is 0 Å². The van der Waals surface area contributed by atoms with Crippen molar-refractivity contribution < 1.29 is 19.1 Å². The number of carbonyl (C=O) groups is 2. The van der Waals surface area contributed by atoms with Crippen LogP contribution >= 0.6 is 47.2 Å². The van der Waals surface area contributed by atoms with E-state index in [0.717, 1.165) is 11.1 Å². The minimum Gasteiger partial charge on any atom is -0.490 e. The van der Waals surface area contributed by atoms with Crippen molar-refractivity contribution in [3.63, 3.8) is 0 Å². The lowest BCUT2D eigenvalue weighted by molar-refractivity contribution is -0.123. The highest BCUT2D eigenvalue weighted by atomic mass is 35.5. The van der Waals surface area contributed by atoms with Gasteiger partial charge in [-0.2, -0.15) is 0 Å². The summed E-state index contributed by atoms with van der Waals surface area (Å²) < 4.78 is 11.8. The molecule has 1 fully saturated rings. The summed E-state index contributed by atoms with van der Waals surface area (Å²) in [7, 11) is 0. The largest absolute Gasteiger partial charge is 0.490 e. The second-order valence-corrected chi connectivity index (χ2v) is 10.3. The van der Waals surface area contributed by atoms with Gasteiger partial charge in [-0.05, 0) is 54.5 Å². The molecule has 1 N–H and O–H groups in total. The zero-order chi connectivity index (χ0) is 26.4. The minimum atomic E-state index is -0.262. The zero-order valence-corrected chi connectivity index (χ0v) is 22.8. The molecule has 1 heterocycles. The van der Waals surface area contributed by atoms with E-state index in [1.807, 2.05) is 37.3 Å². The molecule has 10 heteroatoms. The highest BCUT2D eigenvalue weighted by molar-refractivity contribution is 8.27. The molecule has 3 aromatic carbocycles. The Bertz CT molecular complexity index is 1370. The van der Waals surface area contributed by atoms with Gasteiger partial charge in [-0.25, -0.2) is 0 Å². The van der Waals surface area contributed by atoms with Crippen molar-refractivity contribution in [3.8, 4) is 11.5 Å². The molecule has 1 aliphatic heterocycles. The first-order chi connectivity index (χ1) is 17.9. The molecule has 0 aromatic heterocycles. The van der Waals surface area contributed by atoms with Gasteiger partial charge in [0.15, 0.2) is 22.4 Å². The number of benzene rings is 3. The number of nitrogens with one attached hydrogen (secondary N) is 1. The van der Waals surface area contributed by atoms with Crippen molar-refractivity contribution in [2.75, 3.05) is 18.1 Å². The van der Waals surface area contributed by atoms with Crippen LogP contribution in [0.15, 0.2) is 71.6 Å². The molecule has 4 rings (SSSR count). The van der Waals surface area contributed by atoms with Crippen LogP contribution in [0.5, 0.6) is 11.5 Å². The summed E-state index contributed by atoms with van der Waals surface area (Å²) in [5, 5.41) is 3.56. The van der Waals surface area contributed by atoms with Crippen LogP contribution in [0.1, 0.15) is 18.1 Å². The third-order valence-corrected chi connectivity index (χ3v) is 7.25. The highest BCUT2D eigenvalue weighted by Crippen LogP contribution is 2.38. The van der Waals surface area contributed by atoms with Crippen LogP contribution in [0.4, 0.5) is 5.69 Å². The van der Waals surface area contributed by atoms with E-state index in [1.165, 1.54) is 16.7 Å². The second kappa shape index (κ2) is 12.5. The monoisotopic (exact) mass is 572 g/mol. The van der Waals surface area contributed by atoms with Crippen LogP contribution in [-0.4, -0.2) is 29.3 Å². The van der Waals surface area contributed by atoms with E-state index >= 15 is 0 Å². The fraction of sp³-hybridized carbons (Fsp3) is 0.148. The molecule has 0 radical (unpaired) electrons. The van der Waals surface area contributed by atoms with Crippen molar-refractivity contribution in [2.24, 2.45) is 0 Å². The van der Waals surface area contributed by atoms with Gasteiger partial charge in [-0.15, -0.1) is 0 Å². The molecule has 3 aromatic rings. The average Bonchev–Trinajstić information content (AvgIpc) is 3.17. The van der Waals surface area contributed by atoms with Crippen LogP contribution in [0.25, 0.3) is 6.08 Å². The Morgan fingerprint density at radius 2 is 1.81 bits per heavy atom. The summed E-state index contributed by atoms with van der Waals surface area (Å²) in [4.78, 5) is 27.2. The minimum absolute atomic E-state index is 0.158. The molecule has 2 amide bonds. The van der Waals surface area contributed by atoms with E-state index < -0.39 is 0 Å². The number of amides is 2. The lowest BCUT2D eigenvalue weighted by Gasteiger charge is -2.15. The number of thiocarbonyl (C=S) groups is 1. The SMILES string of the molecule is CCOc1cc(/C=C2\SC(=S)N(c3ccc(Cl)c(Cl)c3)C2=O)ccc1OCC(=O)NCc1ccccc1. The lowest BCUT2D eigenvalue weighted by atomic mass is 10.1. The van der Waals surface area contributed by atoms with Gasteiger partial charge >= 0.3 is 0 Å². The van der Waals surface area contributed by atoms with Crippen LogP contribution in [0.2, 0.25) is 10.0 Å². The smallest absolute Gasteiger partial charge is 0.270 e. The fourth-order valence-electron chi connectivity index (χ4n) is 3.46. The molecule has 37 heavy (non-hydrogen) atoms. The van der Waals surface area contributed by atoms with E-state index in [1.54, 1.807) is 42.5 Å². The predicted octanol–water partition coefficient (Wildman–Crippen LogP) is 6.49. The van der Waals surface area contributed by atoms with Gasteiger partial charge in [0.25, 0.3) is 11.8 Å². The third-order valence-electron chi connectivity index (χ3n) is 5.21. The highest BCUT2D eigenvalue weighted by Gasteiger charge is 2.33. The Hall–Kier alpha value is -3.04. The van der Waals surface area contributed by atoms with Crippen LogP contribution in [0, 0.1) is 0 Å². The Balaban J connectivity index is 1.45. The maximum absolute atomic E-state index is 13.1. The van der Waals surface area contributed by atoms with Crippen molar-refractivity contribution in [2.45, 2.75) is 13.5 Å². The summed E-state index contributed by atoms with van der Waals surface area (Å²) >= 11 is 18.8. The van der Waals surface area contributed by atoms with Crippen LogP contribution in [0.3, 0.4) is 0 Å². The summed E-state index contributed by atoms with van der Waals surface area (Å²) in [5.41, 5.74) is 2.27. The quantitative estimate of drug-likeness (QED) is 0.233. The number of anilines is 1. The Morgan fingerprint density at radius 3 is 2.54 bits per heavy atom. The maximum Gasteiger partial charge on any atom is 0.270 e.